The lowest BCUT2D eigenvalue weighted by Gasteiger charge is -2.18. The average molecular weight is 487 g/mol. The van der Waals surface area contributed by atoms with Crippen molar-refractivity contribution >= 4 is 57.3 Å². The summed E-state index contributed by atoms with van der Waals surface area (Å²) in [6.07, 6.45) is -0.937. The molecule has 7 nitrogen and oxygen atoms in total. The first-order valence-corrected chi connectivity index (χ1v) is 11.1. The molecular formula is C21H24Cl2N2O5S. The minimum absolute atomic E-state index is 0.146. The van der Waals surface area contributed by atoms with Crippen molar-refractivity contribution in [1.29, 1.82) is 0 Å². The topological polar surface area (TPSA) is 84.9 Å². The molecule has 0 bridgehead atoms. The molecule has 0 saturated carbocycles. The van der Waals surface area contributed by atoms with E-state index in [0.717, 1.165) is 11.3 Å². The molecule has 168 valence electrons. The van der Waals surface area contributed by atoms with Gasteiger partial charge in [-0.1, -0.05) is 23.2 Å². The van der Waals surface area contributed by atoms with Crippen LogP contribution in [0.1, 0.15) is 46.4 Å². The molecule has 2 rings (SSSR count). The number of nitrogens with zero attached hydrogens (tertiary/aromatic N) is 1. The summed E-state index contributed by atoms with van der Waals surface area (Å²) in [5, 5.41) is 3.61. The quantitative estimate of drug-likeness (QED) is 0.528. The lowest BCUT2D eigenvalue weighted by atomic mass is 10.1. The second-order valence-corrected chi connectivity index (χ2v) is 8.42. The Morgan fingerprint density at radius 2 is 1.84 bits per heavy atom. The van der Waals surface area contributed by atoms with Gasteiger partial charge < -0.3 is 19.7 Å². The van der Waals surface area contributed by atoms with E-state index in [0.29, 0.717) is 34.3 Å². The third-order valence-corrected chi connectivity index (χ3v) is 6.31. The van der Waals surface area contributed by atoms with Crippen LogP contribution in [0.15, 0.2) is 18.2 Å². The fourth-order valence-corrected chi connectivity index (χ4v) is 4.45. The molecule has 0 fully saturated rings. The number of anilines is 1. The zero-order valence-corrected chi connectivity index (χ0v) is 20.2. The van der Waals surface area contributed by atoms with Crippen LogP contribution in [0.25, 0.3) is 0 Å². The fourth-order valence-electron chi connectivity index (χ4n) is 2.84. The normalized spacial score (nSPS) is 11.6. The van der Waals surface area contributed by atoms with E-state index in [2.05, 4.69) is 5.32 Å². The second kappa shape index (κ2) is 10.8. The summed E-state index contributed by atoms with van der Waals surface area (Å²) in [4.78, 5) is 40.0. The highest BCUT2D eigenvalue weighted by Crippen LogP contribution is 2.35. The van der Waals surface area contributed by atoms with E-state index in [1.54, 1.807) is 30.9 Å². The molecule has 2 aromatic rings. The molecule has 0 aliphatic heterocycles. The van der Waals surface area contributed by atoms with Crippen molar-refractivity contribution in [2.24, 2.45) is 0 Å². The molecule has 2 amide bonds. The van der Waals surface area contributed by atoms with Gasteiger partial charge in [-0.15, -0.1) is 11.3 Å². The molecule has 0 unspecified atom stereocenters. The highest BCUT2D eigenvalue weighted by atomic mass is 35.5. The molecule has 1 aromatic heterocycles. The van der Waals surface area contributed by atoms with Crippen LogP contribution in [-0.4, -0.2) is 49.0 Å². The number of hydrogen-bond acceptors (Lipinski definition) is 6. The SMILES string of the molecule is CCN(CC)C(=O)c1sc(NC(=O)[C@@H](C)Oc2ccc(Cl)cc2Cl)c(C(=O)OC)c1C. The predicted molar refractivity (Wildman–Crippen MR) is 123 cm³/mol. The molecule has 31 heavy (non-hydrogen) atoms. The summed E-state index contributed by atoms with van der Waals surface area (Å²) in [5.74, 6) is -1.08. The van der Waals surface area contributed by atoms with Crippen LogP contribution in [0.4, 0.5) is 5.00 Å². The van der Waals surface area contributed by atoms with Crippen molar-refractivity contribution in [2.75, 3.05) is 25.5 Å². The van der Waals surface area contributed by atoms with Gasteiger partial charge >= 0.3 is 5.97 Å². The highest BCUT2D eigenvalue weighted by molar-refractivity contribution is 7.18. The lowest BCUT2D eigenvalue weighted by molar-refractivity contribution is -0.122. The molecule has 0 spiro atoms. The fraction of sp³-hybridized carbons (Fsp3) is 0.381. The maximum absolute atomic E-state index is 12.9. The minimum Gasteiger partial charge on any atom is -0.479 e. The van der Waals surface area contributed by atoms with Gasteiger partial charge in [-0.25, -0.2) is 4.79 Å². The Morgan fingerprint density at radius 3 is 2.39 bits per heavy atom. The standard InChI is InChI=1S/C21H24Cl2N2O5S/c1-6-25(7-2)20(27)17-11(3)16(21(28)29-5)19(31-17)24-18(26)12(4)30-15-9-8-13(22)10-14(15)23/h8-10,12H,6-7H2,1-5H3,(H,24,26)/t12-/m1/s1. The number of carbonyl (C=O) groups is 3. The third-order valence-electron chi connectivity index (χ3n) is 4.58. The lowest BCUT2D eigenvalue weighted by Crippen LogP contribution is -2.30. The number of benzene rings is 1. The van der Waals surface area contributed by atoms with Gasteiger partial charge in [-0.3, -0.25) is 9.59 Å². The van der Waals surface area contributed by atoms with Crippen molar-refractivity contribution in [2.45, 2.75) is 33.8 Å². The van der Waals surface area contributed by atoms with Crippen LogP contribution in [0.5, 0.6) is 5.75 Å². The first kappa shape index (κ1) is 25.0. The maximum Gasteiger partial charge on any atom is 0.341 e. The number of rotatable bonds is 8. The van der Waals surface area contributed by atoms with Crippen molar-refractivity contribution < 1.29 is 23.9 Å². The smallest absolute Gasteiger partial charge is 0.341 e. The van der Waals surface area contributed by atoms with Crippen LogP contribution in [0.3, 0.4) is 0 Å². The number of hydrogen-bond donors (Lipinski definition) is 1. The molecular weight excluding hydrogens is 463 g/mol. The van der Waals surface area contributed by atoms with Gasteiger partial charge in [0.2, 0.25) is 0 Å². The van der Waals surface area contributed by atoms with E-state index in [4.69, 9.17) is 32.7 Å². The van der Waals surface area contributed by atoms with Gasteiger partial charge in [0.15, 0.2) is 6.10 Å². The van der Waals surface area contributed by atoms with Gasteiger partial charge in [0.1, 0.15) is 10.8 Å². The molecule has 10 heteroatoms. The summed E-state index contributed by atoms with van der Waals surface area (Å²) in [6, 6.07) is 4.66. The van der Waals surface area contributed by atoms with Crippen molar-refractivity contribution in [3.8, 4) is 5.75 Å². The van der Waals surface area contributed by atoms with E-state index in [1.807, 2.05) is 13.8 Å². The summed E-state index contributed by atoms with van der Waals surface area (Å²) in [6.45, 7) is 7.98. The third kappa shape index (κ3) is 5.70. The van der Waals surface area contributed by atoms with Crippen LogP contribution < -0.4 is 10.1 Å². The number of carbonyl (C=O) groups excluding carboxylic acids is 3. The molecule has 0 saturated heterocycles. The Morgan fingerprint density at radius 1 is 1.19 bits per heavy atom. The van der Waals surface area contributed by atoms with Crippen LogP contribution in [0, 0.1) is 6.92 Å². The Bertz CT molecular complexity index is 988. The van der Waals surface area contributed by atoms with Gasteiger partial charge in [-0.05, 0) is 51.5 Å². The molecule has 1 N–H and O–H groups in total. The number of methoxy groups -OCH3 is 1. The van der Waals surface area contributed by atoms with Crippen molar-refractivity contribution in [1.82, 2.24) is 4.90 Å². The number of esters is 1. The predicted octanol–water partition coefficient (Wildman–Crippen LogP) is 5.04. The van der Waals surface area contributed by atoms with Crippen LogP contribution in [0.2, 0.25) is 10.0 Å². The van der Waals surface area contributed by atoms with Crippen LogP contribution >= 0.6 is 34.5 Å². The van der Waals surface area contributed by atoms with E-state index in [-0.39, 0.29) is 21.5 Å². The van der Waals surface area contributed by atoms with Gasteiger partial charge in [0.05, 0.1) is 22.6 Å². The average Bonchev–Trinajstić information content (AvgIpc) is 3.05. The molecule has 0 radical (unpaired) electrons. The molecule has 0 aliphatic rings. The Balaban J connectivity index is 2.31. The summed E-state index contributed by atoms with van der Waals surface area (Å²) >= 11 is 13.0. The summed E-state index contributed by atoms with van der Waals surface area (Å²) < 4.78 is 10.5. The maximum atomic E-state index is 12.9. The van der Waals surface area contributed by atoms with E-state index in [1.165, 1.54) is 13.2 Å². The number of halogens is 2. The van der Waals surface area contributed by atoms with E-state index >= 15 is 0 Å². The Kier molecular flexibility index (Phi) is 8.73. The second-order valence-electron chi connectivity index (χ2n) is 6.55. The van der Waals surface area contributed by atoms with Crippen molar-refractivity contribution in [3.05, 3.63) is 44.2 Å². The number of thiophene rings is 1. The van der Waals surface area contributed by atoms with E-state index < -0.39 is 18.0 Å². The molecule has 1 heterocycles. The van der Waals surface area contributed by atoms with Gasteiger partial charge in [0, 0.05) is 18.1 Å². The zero-order chi connectivity index (χ0) is 23.3. The molecule has 1 atom stereocenters. The minimum atomic E-state index is -0.937. The monoisotopic (exact) mass is 486 g/mol. The Labute approximate surface area is 195 Å². The zero-order valence-electron chi connectivity index (χ0n) is 17.9. The number of amides is 2. The summed E-state index contributed by atoms with van der Waals surface area (Å²) in [7, 11) is 1.24. The van der Waals surface area contributed by atoms with E-state index in [9.17, 15) is 14.4 Å². The first-order valence-electron chi connectivity index (χ1n) is 9.58. The molecule has 1 aromatic carbocycles. The van der Waals surface area contributed by atoms with Crippen LogP contribution in [-0.2, 0) is 9.53 Å². The van der Waals surface area contributed by atoms with Gasteiger partial charge in [-0.2, -0.15) is 0 Å². The first-order chi connectivity index (χ1) is 14.6. The highest BCUT2D eigenvalue weighted by Gasteiger charge is 2.29. The number of ether oxygens (including phenoxy) is 2. The van der Waals surface area contributed by atoms with Gasteiger partial charge in [0.25, 0.3) is 11.8 Å². The van der Waals surface area contributed by atoms with Crippen molar-refractivity contribution in [3.63, 3.8) is 0 Å². The largest absolute Gasteiger partial charge is 0.479 e. The summed E-state index contributed by atoms with van der Waals surface area (Å²) in [5.41, 5.74) is 0.603. The number of nitrogens with one attached hydrogen (secondary N) is 1. The Hall–Kier alpha value is -2.29. The molecule has 0 aliphatic carbocycles.